The molecule has 0 spiro atoms. The molecule has 4 heteroatoms. The van der Waals surface area contributed by atoms with E-state index in [9.17, 15) is 4.79 Å². The summed E-state index contributed by atoms with van der Waals surface area (Å²) in [6, 6.07) is 3.83. The van der Waals surface area contributed by atoms with E-state index in [1.807, 2.05) is 19.1 Å². The van der Waals surface area contributed by atoms with Gasteiger partial charge in [0.05, 0.1) is 12.2 Å². The molecule has 0 fully saturated rings. The van der Waals surface area contributed by atoms with E-state index in [0.29, 0.717) is 6.54 Å². The lowest BCUT2D eigenvalue weighted by Crippen LogP contribution is -2.27. The Bertz CT molecular complexity index is 313. The van der Waals surface area contributed by atoms with Crippen LogP contribution >= 0.6 is 0 Å². The molecule has 76 valence electrons. The van der Waals surface area contributed by atoms with Crippen LogP contribution in [-0.4, -0.2) is 24.6 Å². The van der Waals surface area contributed by atoms with Gasteiger partial charge < -0.3 is 10.1 Å². The summed E-state index contributed by atoms with van der Waals surface area (Å²) < 4.78 is 4.69. The summed E-state index contributed by atoms with van der Waals surface area (Å²) in [6.07, 6.45) is 1.71. The van der Waals surface area contributed by atoms with Crippen molar-refractivity contribution in [2.24, 2.45) is 0 Å². The number of carbonyl (C=O) groups is 1. The molecular formula is C10H14N2O2. The molecule has 0 unspecified atom stereocenters. The van der Waals surface area contributed by atoms with E-state index < -0.39 is 0 Å². The number of hydrogen-bond donors (Lipinski definition) is 1. The summed E-state index contributed by atoms with van der Waals surface area (Å²) in [4.78, 5) is 15.2. The number of nitrogens with one attached hydrogen (secondary N) is 1. The summed E-state index contributed by atoms with van der Waals surface area (Å²) in [5, 5.41) is 2.71. The zero-order valence-electron chi connectivity index (χ0n) is 8.41. The first-order valence-corrected chi connectivity index (χ1v) is 4.40. The molecule has 1 aromatic rings. The maximum atomic E-state index is 11.1. The molecule has 0 atom stereocenters. The van der Waals surface area contributed by atoms with Crippen molar-refractivity contribution in [2.45, 2.75) is 13.5 Å². The van der Waals surface area contributed by atoms with Gasteiger partial charge in [-0.05, 0) is 18.6 Å². The average Bonchev–Trinajstić information content (AvgIpc) is 2.17. The topological polar surface area (TPSA) is 51.2 Å². The minimum absolute atomic E-state index is 0.0892. The van der Waals surface area contributed by atoms with Crippen LogP contribution < -0.4 is 5.32 Å². The fourth-order valence-electron chi connectivity index (χ4n) is 1.07. The molecule has 0 aromatic carbocycles. The van der Waals surface area contributed by atoms with E-state index in [1.165, 1.54) is 7.11 Å². The molecule has 0 aliphatic heterocycles. The Morgan fingerprint density at radius 1 is 1.64 bits per heavy atom. The number of nitrogens with zero attached hydrogens (tertiary/aromatic N) is 1. The summed E-state index contributed by atoms with van der Waals surface area (Å²) in [5.74, 6) is -0.127. The standard InChI is InChI=1S/C10H14N2O2/c1-8-4-3-5-11-9(8)6-12-10(13)7-14-2/h3-5H,6-7H2,1-2H3,(H,12,13). The molecule has 4 nitrogen and oxygen atoms in total. The third-order valence-corrected chi connectivity index (χ3v) is 1.85. The minimum Gasteiger partial charge on any atom is -0.375 e. The van der Waals surface area contributed by atoms with E-state index in [2.05, 4.69) is 15.0 Å². The smallest absolute Gasteiger partial charge is 0.246 e. The van der Waals surface area contributed by atoms with Crippen LogP contribution in [0.4, 0.5) is 0 Å². The molecule has 1 N–H and O–H groups in total. The lowest BCUT2D eigenvalue weighted by atomic mass is 10.2. The Morgan fingerprint density at radius 2 is 2.43 bits per heavy atom. The van der Waals surface area contributed by atoms with Crippen LogP contribution in [0, 0.1) is 6.92 Å². The predicted molar refractivity (Wildman–Crippen MR) is 52.7 cm³/mol. The monoisotopic (exact) mass is 194 g/mol. The number of amides is 1. The molecule has 0 radical (unpaired) electrons. The third kappa shape index (κ3) is 3.14. The van der Waals surface area contributed by atoms with Gasteiger partial charge in [0.2, 0.25) is 5.91 Å². The summed E-state index contributed by atoms with van der Waals surface area (Å²) in [7, 11) is 1.49. The molecule has 1 amide bonds. The average molecular weight is 194 g/mol. The number of aromatic nitrogens is 1. The van der Waals surface area contributed by atoms with Gasteiger partial charge in [0.1, 0.15) is 6.61 Å². The molecule has 0 saturated heterocycles. The van der Waals surface area contributed by atoms with Gasteiger partial charge in [-0.25, -0.2) is 0 Å². The van der Waals surface area contributed by atoms with E-state index >= 15 is 0 Å². The normalized spacial score (nSPS) is 9.86. The van der Waals surface area contributed by atoms with Crippen LogP contribution in [0.1, 0.15) is 11.3 Å². The maximum Gasteiger partial charge on any atom is 0.246 e. The second kappa shape index (κ2) is 5.34. The second-order valence-electron chi connectivity index (χ2n) is 2.98. The van der Waals surface area contributed by atoms with E-state index in [4.69, 9.17) is 0 Å². The van der Waals surface area contributed by atoms with Gasteiger partial charge in [-0.3, -0.25) is 9.78 Å². The van der Waals surface area contributed by atoms with Gasteiger partial charge in [0.15, 0.2) is 0 Å². The number of carbonyl (C=O) groups excluding carboxylic acids is 1. The van der Waals surface area contributed by atoms with Crippen molar-refractivity contribution in [3.8, 4) is 0 Å². The highest BCUT2D eigenvalue weighted by molar-refractivity contribution is 5.77. The minimum atomic E-state index is -0.127. The van der Waals surface area contributed by atoms with Crippen molar-refractivity contribution in [1.29, 1.82) is 0 Å². The zero-order chi connectivity index (χ0) is 10.4. The van der Waals surface area contributed by atoms with Gasteiger partial charge >= 0.3 is 0 Å². The van der Waals surface area contributed by atoms with Gasteiger partial charge in [-0.2, -0.15) is 0 Å². The van der Waals surface area contributed by atoms with Gasteiger partial charge in [0.25, 0.3) is 0 Å². The summed E-state index contributed by atoms with van der Waals surface area (Å²) >= 11 is 0. The summed E-state index contributed by atoms with van der Waals surface area (Å²) in [5.41, 5.74) is 1.96. The van der Waals surface area contributed by atoms with Crippen LogP contribution in [0.3, 0.4) is 0 Å². The largest absolute Gasteiger partial charge is 0.375 e. The molecule has 0 aliphatic rings. The van der Waals surface area contributed by atoms with Crippen LogP contribution in [0.15, 0.2) is 18.3 Å². The van der Waals surface area contributed by atoms with Crippen LogP contribution in [0.25, 0.3) is 0 Å². The van der Waals surface area contributed by atoms with Crippen LogP contribution in [0.5, 0.6) is 0 Å². The number of pyridine rings is 1. The molecule has 1 aromatic heterocycles. The Balaban J connectivity index is 2.46. The number of hydrogen-bond acceptors (Lipinski definition) is 3. The number of methoxy groups -OCH3 is 1. The Kier molecular flexibility index (Phi) is 4.07. The Labute approximate surface area is 83.3 Å². The third-order valence-electron chi connectivity index (χ3n) is 1.85. The fraction of sp³-hybridized carbons (Fsp3) is 0.400. The SMILES string of the molecule is COCC(=O)NCc1ncccc1C. The highest BCUT2D eigenvalue weighted by Gasteiger charge is 2.02. The molecular weight excluding hydrogens is 180 g/mol. The van der Waals surface area contributed by atoms with Crippen molar-refractivity contribution < 1.29 is 9.53 Å². The van der Waals surface area contributed by atoms with E-state index in [-0.39, 0.29) is 12.5 Å². The lowest BCUT2D eigenvalue weighted by molar-refractivity contribution is -0.124. The van der Waals surface area contributed by atoms with E-state index in [0.717, 1.165) is 11.3 Å². The Hall–Kier alpha value is -1.42. The van der Waals surface area contributed by atoms with Gasteiger partial charge in [-0.1, -0.05) is 6.07 Å². The lowest BCUT2D eigenvalue weighted by Gasteiger charge is -2.05. The first-order chi connectivity index (χ1) is 6.74. The molecule has 1 heterocycles. The van der Waals surface area contributed by atoms with Gasteiger partial charge in [0, 0.05) is 13.3 Å². The highest BCUT2D eigenvalue weighted by Crippen LogP contribution is 2.01. The first kappa shape index (κ1) is 10.7. The molecule has 0 bridgehead atoms. The molecule has 1 rings (SSSR count). The van der Waals surface area contributed by atoms with E-state index in [1.54, 1.807) is 6.20 Å². The van der Waals surface area contributed by atoms with Crippen molar-refractivity contribution in [1.82, 2.24) is 10.3 Å². The van der Waals surface area contributed by atoms with Crippen molar-refractivity contribution in [3.63, 3.8) is 0 Å². The Morgan fingerprint density at radius 3 is 3.07 bits per heavy atom. The second-order valence-corrected chi connectivity index (χ2v) is 2.98. The number of ether oxygens (including phenoxy) is 1. The van der Waals surface area contributed by atoms with Crippen molar-refractivity contribution in [2.75, 3.05) is 13.7 Å². The van der Waals surface area contributed by atoms with Gasteiger partial charge in [-0.15, -0.1) is 0 Å². The van der Waals surface area contributed by atoms with Crippen LogP contribution in [0.2, 0.25) is 0 Å². The maximum absolute atomic E-state index is 11.1. The number of aryl methyl sites for hydroxylation is 1. The predicted octanol–water partition coefficient (Wildman–Crippen LogP) is 0.653. The molecule has 0 aliphatic carbocycles. The van der Waals surface area contributed by atoms with Crippen LogP contribution in [-0.2, 0) is 16.1 Å². The number of rotatable bonds is 4. The van der Waals surface area contributed by atoms with Crippen molar-refractivity contribution >= 4 is 5.91 Å². The first-order valence-electron chi connectivity index (χ1n) is 4.40. The molecule has 14 heavy (non-hydrogen) atoms. The van der Waals surface area contributed by atoms with Crippen molar-refractivity contribution in [3.05, 3.63) is 29.6 Å². The zero-order valence-corrected chi connectivity index (χ0v) is 8.41. The molecule has 0 saturated carbocycles. The fourth-order valence-corrected chi connectivity index (χ4v) is 1.07. The summed E-state index contributed by atoms with van der Waals surface area (Å²) in [6.45, 7) is 2.51. The quantitative estimate of drug-likeness (QED) is 0.765. The highest BCUT2D eigenvalue weighted by atomic mass is 16.5.